The van der Waals surface area contributed by atoms with Gasteiger partial charge < -0.3 is 0 Å². The Bertz CT molecular complexity index is 579. The molecule has 0 amide bonds. The summed E-state index contributed by atoms with van der Waals surface area (Å²) in [6.07, 6.45) is 0.548. The molecule has 0 bridgehead atoms. The van der Waals surface area contributed by atoms with Crippen LogP contribution < -0.4 is 0 Å². The normalized spacial score (nSPS) is 11.8. The minimum atomic E-state index is -4.06. The molecule has 106 valence electrons. The van der Waals surface area contributed by atoms with Crippen LogP contribution in [0.2, 0.25) is 0 Å². The van der Waals surface area contributed by atoms with Gasteiger partial charge in [-0.15, -0.1) is 0 Å². The van der Waals surface area contributed by atoms with Crippen molar-refractivity contribution in [2.45, 2.75) is 11.3 Å². The van der Waals surface area contributed by atoms with E-state index in [0.717, 1.165) is 22.5 Å². The van der Waals surface area contributed by atoms with Crippen LogP contribution in [0.5, 0.6) is 0 Å². The fourth-order valence-corrected chi connectivity index (χ4v) is 2.91. The molecule has 0 aliphatic heterocycles. The number of benzene rings is 1. The SMILES string of the molecule is CN(CCCBr)S(=O)(=O)c1cc([N+](=O)[O-])ccc1F. The number of nitro groups is 1. The zero-order valence-electron chi connectivity index (χ0n) is 10.0. The molecule has 0 radical (unpaired) electrons. The van der Waals surface area contributed by atoms with Gasteiger partial charge in [-0.25, -0.2) is 17.1 Å². The van der Waals surface area contributed by atoms with Crippen molar-refractivity contribution in [3.63, 3.8) is 0 Å². The average molecular weight is 355 g/mol. The van der Waals surface area contributed by atoms with E-state index in [1.807, 2.05) is 0 Å². The Morgan fingerprint density at radius 3 is 2.63 bits per heavy atom. The summed E-state index contributed by atoms with van der Waals surface area (Å²) in [5.74, 6) is -1.00. The first kappa shape index (κ1) is 16.0. The second-order valence-corrected chi connectivity index (χ2v) is 6.55. The van der Waals surface area contributed by atoms with Gasteiger partial charge in [0, 0.05) is 31.1 Å². The van der Waals surface area contributed by atoms with Crippen LogP contribution >= 0.6 is 15.9 Å². The molecule has 19 heavy (non-hydrogen) atoms. The number of non-ortho nitro benzene ring substituents is 1. The predicted octanol–water partition coefficient (Wildman–Crippen LogP) is 2.14. The van der Waals surface area contributed by atoms with Gasteiger partial charge in [-0.05, 0) is 12.5 Å². The second-order valence-electron chi connectivity index (χ2n) is 3.74. The summed E-state index contributed by atoms with van der Waals surface area (Å²) in [4.78, 5) is 9.15. The smallest absolute Gasteiger partial charge is 0.258 e. The third kappa shape index (κ3) is 3.71. The minimum absolute atomic E-state index is 0.190. The van der Waals surface area contributed by atoms with Crippen LogP contribution in [-0.2, 0) is 10.0 Å². The van der Waals surface area contributed by atoms with Crippen molar-refractivity contribution in [3.05, 3.63) is 34.1 Å². The van der Waals surface area contributed by atoms with E-state index in [0.29, 0.717) is 11.8 Å². The molecule has 0 aromatic heterocycles. The number of halogens is 2. The summed E-state index contributed by atoms with van der Waals surface area (Å²) in [6, 6.07) is 2.44. The molecule has 0 saturated carbocycles. The third-order valence-corrected chi connectivity index (χ3v) is 4.85. The molecule has 0 atom stereocenters. The zero-order chi connectivity index (χ0) is 14.6. The molecule has 0 unspecified atom stereocenters. The van der Waals surface area contributed by atoms with Crippen molar-refractivity contribution in [1.29, 1.82) is 0 Å². The minimum Gasteiger partial charge on any atom is -0.258 e. The lowest BCUT2D eigenvalue weighted by atomic mass is 10.3. The van der Waals surface area contributed by atoms with E-state index < -0.39 is 31.3 Å². The van der Waals surface area contributed by atoms with Crippen LogP contribution in [-0.4, -0.2) is 36.6 Å². The van der Waals surface area contributed by atoms with Gasteiger partial charge in [-0.1, -0.05) is 15.9 Å². The molecule has 0 aliphatic rings. The fourth-order valence-electron chi connectivity index (χ4n) is 1.37. The van der Waals surface area contributed by atoms with Crippen LogP contribution in [0.4, 0.5) is 10.1 Å². The highest BCUT2D eigenvalue weighted by Gasteiger charge is 2.26. The summed E-state index contributed by atoms with van der Waals surface area (Å²) in [7, 11) is -2.76. The summed E-state index contributed by atoms with van der Waals surface area (Å²) >= 11 is 3.16. The molecule has 9 heteroatoms. The Kier molecular flexibility index (Phi) is 5.39. The second kappa shape index (κ2) is 6.40. The third-order valence-electron chi connectivity index (χ3n) is 2.42. The number of hydrogen-bond donors (Lipinski definition) is 0. The van der Waals surface area contributed by atoms with Crippen LogP contribution in [0.3, 0.4) is 0 Å². The summed E-state index contributed by atoms with van der Waals surface area (Å²) in [5.41, 5.74) is -0.464. The van der Waals surface area contributed by atoms with Gasteiger partial charge in [0.2, 0.25) is 10.0 Å². The molecular weight excluding hydrogens is 343 g/mol. The monoisotopic (exact) mass is 354 g/mol. The first-order valence-corrected chi connectivity index (χ1v) is 7.83. The van der Waals surface area contributed by atoms with Gasteiger partial charge >= 0.3 is 0 Å². The van der Waals surface area contributed by atoms with Gasteiger partial charge in [0.25, 0.3) is 5.69 Å². The standard InChI is InChI=1S/C10H12BrFN2O4S/c1-13(6-2-5-11)19(17,18)10-7-8(14(15)16)3-4-9(10)12/h3-4,7H,2,5-6H2,1H3. The highest BCUT2D eigenvalue weighted by molar-refractivity contribution is 9.09. The van der Waals surface area contributed by atoms with E-state index in [2.05, 4.69) is 15.9 Å². The summed E-state index contributed by atoms with van der Waals surface area (Å²) < 4.78 is 38.7. The quantitative estimate of drug-likeness (QED) is 0.445. The van der Waals surface area contributed by atoms with E-state index in [1.165, 1.54) is 7.05 Å². The largest absolute Gasteiger partial charge is 0.270 e. The molecule has 0 aliphatic carbocycles. The Morgan fingerprint density at radius 1 is 1.47 bits per heavy atom. The fraction of sp³-hybridized carbons (Fsp3) is 0.400. The number of rotatable bonds is 6. The van der Waals surface area contributed by atoms with Gasteiger partial charge in [-0.2, -0.15) is 0 Å². The molecule has 0 fully saturated rings. The molecule has 0 heterocycles. The maximum absolute atomic E-state index is 13.6. The highest BCUT2D eigenvalue weighted by Crippen LogP contribution is 2.23. The Labute approximate surface area is 118 Å². The lowest BCUT2D eigenvalue weighted by molar-refractivity contribution is -0.385. The molecule has 1 aromatic rings. The molecular formula is C10H12BrFN2O4S. The molecule has 1 rings (SSSR count). The maximum atomic E-state index is 13.6. The van der Waals surface area contributed by atoms with E-state index in [-0.39, 0.29) is 6.54 Å². The van der Waals surface area contributed by atoms with Crippen molar-refractivity contribution in [3.8, 4) is 0 Å². The topological polar surface area (TPSA) is 80.5 Å². The van der Waals surface area contributed by atoms with Gasteiger partial charge in [0.15, 0.2) is 0 Å². The summed E-state index contributed by atoms with van der Waals surface area (Å²) in [6.45, 7) is 0.190. The van der Waals surface area contributed by atoms with Gasteiger partial charge in [0.1, 0.15) is 10.7 Å². The Morgan fingerprint density at radius 2 is 2.11 bits per heavy atom. The molecule has 0 spiro atoms. The van der Waals surface area contributed by atoms with Crippen molar-refractivity contribution in [2.75, 3.05) is 18.9 Å². The average Bonchev–Trinajstić information content (AvgIpc) is 2.35. The number of nitro benzene ring substituents is 1. The maximum Gasteiger partial charge on any atom is 0.270 e. The van der Waals surface area contributed by atoms with Crippen molar-refractivity contribution in [2.24, 2.45) is 0 Å². The Hall–Kier alpha value is -1.06. The molecule has 6 nitrogen and oxygen atoms in total. The van der Waals surface area contributed by atoms with Crippen LogP contribution in [0.15, 0.2) is 23.1 Å². The number of sulfonamides is 1. The van der Waals surface area contributed by atoms with Crippen LogP contribution in [0.25, 0.3) is 0 Å². The first-order chi connectivity index (χ1) is 8.80. The number of nitrogens with zero attached hydrogens (tertiary/aromatic N) is 2. The molecule has 1 aromatic carbocycles. The van der Waals surface area contributed by atoms with E-state index in [9.17, 15) is 22.9 Å². The number of hydrogen-bond acceptors (Lipinski definition) is 4. The van der Waals surface area contributed by atoms with Crippen LogP contribution in [0.1, 0.15) is 6.42 Å². The van der Waals surface area contributed by atoms with Gasteiger partial charge in [-0.3, -0.25) is 10.1 Å². The van der Waals surface area contributed by atoms with E-state index in [1.54, 1.807) is 0 Å². The van der Waals surface area contributed by atoms with Gasteiger partial charge in [0.05, 0.1) is 4.92 Å². The summed E-state index contributed by atoms with van der Waals surface area (Å²) in [5, 5.41) is 11.2. The van der Waals surface area contributed by atoms with Crippen molar-refractivity contribution in [1.82, 2.24) is 4.31 Å². The lowest BCUT2D eigenvalue weighted by Crippen LogP contribution is -2.29. The lowest BCUT2D eigenvalue weighted by Gasteiger charge is -2.16. The van der Waals surface area contributed by atoms with Crippen LogP contribution in [0, 0.1) is 15.9 Å². The Balaban J connectivity index is 3.20. The van der Waals surface area contributed by atoms with E-state index in [4.69, 9.17) is 0 Å². The molecule has 0 saturated heterocycles. The van der Waals surface area contributed by atoms with Crippen molar-refractivity contribution < 1.29 is 17.7 Å². The number of alkyl halides is 1. The first-order valence-electron chi connectivity index (χ1n) is 5.27. The molecule has 0 N–H and O–H groups in total. The zero-order valence-corrected chi connectivity index (χ0v) is 12.4. The predicted molar refractivity (Wildman–Crippen MR) is 71.3 cm³/mol. The van der Waals surface area contributed by atoms with Crippen molar-refractivity contribution >= 4 is 31.6 Å². The van der Waals surface area contributed by atoms with E-state index >= 15 is 0 Å². The highest BCUT2D eigenvalue weighted by atomic mass is 79.9.